The Kier molecular flexibility index (Phi) is 8.41. The van der Waals surface area contributed by atoms with Gasteiger partial charge in [-0.05, 0) is 29.8 Å². The van der Waals surface area contributed by atoms with Crippen LogP contribution in [0.25, 0.3) is 0 Å². The van der Waals surface area contributed by atoms with Crippen molar-refractivity contribution >= 4 is 22.6 Å². The number of pyridine rings is 2. The van der Waals surface area contributed by atoms with Crippen molar-refractivity contribution in [2.75, 3.05) is 31.7 Å². The van der Waals surface area contributed by atoms with Crippen molar-refractivity contribution < 1.29 is 22.9 Å². The number of nitrogens with zero attached hydrogens (tertiary/aromatic N) is 4. The van der Waals surface area contributed by atoms with Gasteiger partial charge in [0.1, 0.15) is 12.4 Å². The van der Waals surface area contributed by atoms with E-state index in [1.807, 2.05) is 4.90 Å². The zero-order valence-electron chi connectivity index (χ0n) is 19.5. The molecule has 0 amide bonds. The van der Waals surface area contributed by atoms with Crippen LogP contribution in [0.4, 0.5) is 10.2 Å². The maximum Gasteiger partial charge on any atom is 0.212 e. The highest BCUT2D eigenvalue weighted by Gasteiger charge is 2.23. The number of anilines is 1. The van der Waals surface area contributed by atoms with Gasteiger partial charge in [0.05, 0.1) is 43.0 Å². The van der Waals surface area contributed by atoms with Gasteiger partial charge in [-0.15, -0.1) is 4.91 Å². The fourth-order valence-corrected chi connectivity index (χ4v) is 4.22. The molecule has 0 spiro atoms. The van der Waals surface area contributed by atoms with Gasteiger partial charge < -0.3 is 19.7 Å². The molecule has 0 bridgehead atoms. The second-order valence-corrected chi connectivity index (χ2v) is 9.12. The molecule has 1 aliphatic heterocycles. The summed E-state index contributed by atoms with van der Waals surface area (Å²) in [5, 5.41) is 3.07. The summed E-state index contributed by atoms with van der Waals surface area (Å²) in [6, 6.07) is 9.63. The number of ketones is 1. The first kappa shape index (κ1) is 25.5. The standard InChI is InChI=1S/C24H24FN5O5S/c1-34-15-18-8-19(25)12-27-21(18)14-30-6-7-35-23-9-17(11-28-24(23)30)22(31)13-26-10-16-2-4-20(5-3-16)36(33)29-32/h2-5,8-9,11-12,26H,6-7,10,13-15H2,1H3. The lowest BCUT2D eigenvalue weighted by molar-refractivity contribution is 0.0990. The highest BCUT2D eigenvalue weighted by atomic mass is 32.2. The van der Waals surface area contributed by atoms with Crippen LogP contribution < -0.4 is 15.0 Å². The number of aromatic nitrogens is 2. The summed E-state index contributed by atoms with van der Waals surface area (Å²) < 4.78 is 38.4. The average molecular weight is 514 g/mol. The van der Waals surface area contributed by atoms with Gasteiger partial charge in [0.2, 0.25) is 11.0 Å². The van der Waals surface area contributed by atoms with E-state index in [0.717, 1.165) is 5.56 Å². The van der Waals surface area contributed by atoms with Crippen LogP contribution in [0.5, 0.6) is 5.75 Å². The summed E-state index contributed by atoms with van der Waals surface area (Å²) in [6.07, 6.45) is 2.69. The molecule has 0 radical (unpaired) electrons. The number of halogens is 1. The second kappa shape index (κ2) is 11.9. The Hall–Kier alpha value is -3.61. The molecule has 188 valence electrons. The lowest BCUT2D eigenvalue weighted by Gasteiger charge is -2.30. The maximum atomic E-state index is 13.6. The third-order valence-electron chi connectivity index (χ3n) is 5.55. The van der Waals surface area contributed by atoms with Crippen LogP contribution in [0.3, 0.4) is 0 Å². The van der Waals surface area contributed by atoms with E-state index < -0.39 is 16.8 Å². The van der Waals surface area contributed by atoms with Crippen molar-refractivity contribution in [1.82, 2.24) is 15.3 Å². The average Bonchev–Trinajstić information content (AvgIpc) is 2.90. The van der Waals surface area contributed by atoms with Gasteiger partial charge in [0.25, 0.3) is 0 Å². The monoisotopic (exact) mass is 513 g/mol. The molecule has 4 rings (SSSR count). The number of nitroso groups, excluding NO2 is 1. The summed E-state index contributed by atoms with van der Waals surface area (Å²) in [4.78, 5) is 34.1. The molecular weight excluding hydrogens is 489 g/mol. The van der Waals surface area contributed by atoms with Gasteiger partial charge in [0, 0.05) is 35.6 Å². The topological polar surface area (TPSA) is 123 Å². The second-order valence-electron chi connectivity index (χ2n) is 8.00. The zero-order valence-corrected chi connectivity index (χ0v) is 20.3. The molecule has 3 aromatic rings. The van der Waals surface area contributed by atoms with Crippen LogP contribution in [0.15, 0.2) is 58.3 Å². The molecule has 1 atom stereocenters. The Balaban J connectivity index is 1.39. The number of rotatable bonds is 11. The molecule has 2 aromatic heterocycles. The van der Waals surface area contributed by atoms with E-state index in [1.54, 1.807) is 37.4 Å². The van der Waals surface area contributed by atoms with E-state index >= 15 is 0 Å². The van der Waals surface area contributed by atoms with E-state index in [1.165, 1.54) is 18.5 Å². The summed E-state index contributed by atoms with van der Waals surface area (Å²) in [5.74, 6) is 0.501. The normalized spacial score (nSPS) is 13.6. The molecule has 1 N–H and O–H groups in total. The lowest BCUT2D eigenvalue weighted by atomic mass is 10.1. The van der Waals surface area contributed by atoms with Gasteiger partial charge in [0.15, 0.2) is 17.4 Å². The lowest BCUT2D eigenvalue weighted by Crippen LogP contribution is -2.34. The van der Waals surface area contributed by atoms with Crippen LogP contribution in [0, 0.1) is 10.7 Å². The summed E-state index contributed by atoms with van der Waals surface area (Å²) >= 11 is 0. The predicted octanol–water partition coefficient (Wildman–Crippen LogP) is 2.92. The largest absolute Gasteiger partial charge is 0.488 e. The van der Waals surface area contributed by atoms with Crippen molar-refractivity contribution in [2.24, 2.45) is 4.58 Å². The van der Waals surface area contributed by atoms with Crippen molar-refractivity contribution in [3.63, 3.8) is 0 Å². The molecule has 1 aromatic carbocycles. The first-order valence-corrected chi connectivity index (χ1v) is 12.2. The predicted molar refractivity (Wildman–Crippen MR) is 130 cm³/mol. The number of ether oxygens (including phenoxy) is 2. The van der Waals surface area contributed by atoms with Gasteiger partial charge in [-0.2, -0.15) is 0 Å². The van der Waals surface area contributed by atoms with E-state index in [9.17, 15) is 18.3 Å². The molecule has 12 heteroatoms. The number of hydrogen-bond donors (Lipinski definition) is 1. The number of fused-ring (bicyclic) bond motifs is 1. The molecule has 36 heavy (non-hydrogen) atoms. The summed E-state index contributed by atoms with van der Waals surface area (Å²) in [7, 11) is -0.365. The van der Waals surface area contributed by atoms with E-state index in [2.05, 4.69) is 19.9 Å². The molecule has 0 saturated heterocycles. The van der Waals surface area contributed by atoms with E-state index in [4.69, 9.17) is 9.47 Å². The van der Waals surface area contributed by atoms with Crippen LogP contribution in [0.1, 0.15) is 27.2 Å². The zero-order chi connectivity index (χ0) is 25.5. The van der Waals surface area contributed by atoms with Crippen LogP contribution >= 0.6 is 0 Å². The summed E-state index contributed by atoms with van der Waals surface area (Å²) in [6.45, 7) is 2.09. The Morgan fingerprint density at radius 3 is 2.81 bits per heavy atom. The molecule has 0 fully saturated rings. The van der Waals surface area contributed by atoms with Crippen LogP contribution in [-0.2, 0) is 35.4 Å². The molecule has 1 unspecified atom stereocenters. The van der Waals surface area contributed by atoms with E-state index in [0.29, 0.717) is 59.5 Å². The third-order valence-corrected chi connectivity index (χ3v) is 6.36. The van der Waals surface area contributed by atoms with Crippen LogP contribution in [-0.4, -0.2) is 46.8 Å². The highest BCUT2D eigenvalue weighted by molar-refractivity contribution is 7.83. The quantitative estimate of drug-likeness (QED) is 0.304. The molecular formula is C24H24FN5O5S. The third kappa shape index (κ3) is 6.14. The molecule has 1 aliphatic rings. The number of nitrogens with one attached hydrogen (secondary N) is 1. The smallest absolute Gasteiger partial charge is 0.212 e. The number of benzene rings is 1. The molecule has 10 nitrogen and oxygen atoms in total. The van der Waals surface area contributed by atoms with Gasteiger partial charge in [-0.1, -0.05) is 12.1 Å². The number of Topliss-reactive ketones (excluding diaryl/α,β-unsaturated/α-hetero) is 1. The summed E-state index contributed by atoms with van der Waals surface area (Å²) in [5.41, 5.74) is 2.61. The molecule has 0 saturated carbocycles. The SMILES string of the molecule is COCc1cc(F)cnc1CN1CCOc2cc(C(=O)CNCc3ccc(S(=O)N=O)cc3)cnc21. The van der Waals surface area contributed by atoms with Crippen molar-refractivity contribution in [3.05, 3.63) is 81.9 Å². The Labute approximate surface area is 209 Å². The minimum Gasteiger partial charge on any atom is -0.488 e. The molecule has 3 heterocycles. The van der Waals surface area contributed by atoms with Crippen molar-refractivity contribution in [3.8, 4) is 5.75 Å². The van der Waals surface area contributed by atoms with Crippen molar-refractivity contribution in [2.45, 2.75) is 24.6 Å². The fraction of sp³-hybridized carbons (Fsp3) is 0.292. The fourth-order valence-electron chi connectivity index (χ4n) is 3.76. The van der Waals surface area contributed by atoms with Gasteiger partial charge in [-0.3, -0.25) is 9.78 Å². The Morgan fingerprint density at radius 1 is 1.25 bits per heavy atom. The highest BCUT2D eigenvalue weighted by Crippen LogP contribution is 2.31. The molecule has 0 aliphatic carbocycles. The Bertz CT molecular complexity index is 1270. The van der Waals surface area contributed by atoms with Crippen molar-refractivity contribution in [1.29, 1.82) is 0 Å². The van der Waals surface area contributed by atoms with Gasteiger partial charge >= 0.3 is 0 Å². The Morgan fingerprint density at radius 2 is 2.06 bits per heavy atom. The van der Waals surface area contributed by atoms with Gasteiger partial charge in [-0.25, -0.2) is 13.6 Å². The minimum atomic E-state index is -1.91. The minimum absolute atomic E-state index is 0.0770. The number of hydrogen-bond acceptors (Lipinski definition) is 9. The maximum absolute atomic E-state index is 13.6. The number of methoxy groups -OCH3 is 1. The number of carbonyl (C=O) groups is 1. The number of carbonyl (C=O) groups excluding carboxylic acids is 1. The first-order chi connectivity index (χ1) is 17.5. The first-order valence-electron chi connectivity index (χ1n) is 11.1. The van der Waals surface area contributed by atoms with E-state index in [-0.39, 0.29) is 18.9 Å². The van der Waals surface area contributed by atoms with Crippen LogP contribution in [0.2, 0.25) is 0 Å².